The van der Waals surface area contributed by atoms with Gasteiger partial charge >= 0.3 is 5.97 Å². The third-order valence-electron chi connectivity index (χ3n) is 5.84. The van der Waals surface area contributed by atoms with Gasteiger partial charge in [-0.1, -0.05) is 58.7 Å². The number of rotatable bonds is 8. The number of allylic oxidation sites excluding steroid dienone is 1. The van der Waals surface area contributed by atoms with Gasteiger partial charge in [0.15, 0.2) is 16.3 Å². The number of fused-ring (bicyclic) bond motifs is 1. The zero-order valence-corrected chi connectivity index (χ0v) is 23.1. The maximum Gasteiger partial charge on any atom is 0.338 e. The predicted octanol–water partition coefficient (Wildman–Crippen LogP) is 4.17. The van der Waals surface area contributed by atoms with Crippen LogP contribution in [0.4, 0.5) is 0 Å². The second-order valence-electron chi connectivity index (χ2n) is 8.47. The first-order valence-electron chi connectivity index (χ1n) is 12.1. The Bertz CT molecular complexity index is 1630. The van der Waals surface area contributed by atoms with Gasteiger partial charge in [0.05, 0.1) is 40.1 Å². The largest absolute Gasteiger partial charge is 0.490 e. The van der Waals surface area contributed by atoms with Gasteiger partial charge in [-0.05, 0) is 57.0 Å². The SMILES string of the molecule is C#CCOc1c(Cl)cc(/C=c2/sc3n(c2=O)[C@H](c2ccc(C)cc2)C(C(=O)OCC)=C(C)N=3)cc1OCC. The lowest BCUT2D eigenvalue weighted by atomic mass is 9.95. The van der Waals surface area contributed by atoms with Crippen LogP contribution in [-0.4, -0.2) is 30.4 Å². The standard InChI is InChI=1S/C29H27ClN2O5S/c1-6-13-37-26-21(30)14-19(15-22(26)35-7-2)16-23-27(33)32-25(20-11-9-17(4)10-12-20)24(28(34)36-8-3)18(5)31-29(32)38-23/h1,9-12,14-16,25H,7-8,13H2,2-5H3/b23-16+/t25-/m1/s1. The Morgan fingerprint density at radius 3 is 2.58 bits per heavy atom. The molecule has 0 bridgehead atoms. The summed E-state index contributed by atoms with van der Waals surface area (Å²) < 4.78 is 18.6. The summed E-state index contributed by atoms with van der Waals surface area (Å²) in [5.41, 5.74) is 3.07. The number of carbonyl (C=O) groups is 1. The van der Waals surface area contributed by atoms with Gasteiger partial charge in [0.2, 0.25) is 0 Å². The van der Waals surface area contributed by atoms with Crippen LogP contribution in [0.1, 0.15) is 43.5 Å². The van der Waals surface area contributed by atoms with Crippen LogP contribution in [0.5, 0.6) is 11.5 Å². The number of ether oxygens (including phenoxy) is 3. The molecule has 1 atom stereocenters. The van der Waals surface area contributed by atoms with Crippen molar-refractivity contribution in [3.63, 3.8) is 0 Å². The van der Waals surface area contributed by atoms with E-state index in [1.165, 1.54) is 11.3 Å². The van der Waals surface area contributed by atoms with E-state index in [-0.39, 0.29) is 18.8 Å². The number of aromatic nitrogens is 1. The van der Waals surface area contributed by atoms with Crippen LogP contribution in [0.3, 0.4) is 0 Å². The molecular weight excluding hydrogens is 524 g/mol. The van der Waals surface area contributed by atoms with Gasteiger partial charge in [0.25, 0.3) is 5.56 Å². The summed E-state index contributed by atoms with van der Waals surface area (Å²) in [6, 6.07) is 10.5. The molecule has 9 heteroatoms. The van der Waals surface area contributed by atoms with Crippen LogP contribution in [0.25, 0.3) is 6.08 Å². The van der Waals surface area contributed by atoms with E-state index >= 15 is 0 Å². The Morgan fingerprint density at radius 1 is 1.18 bits per heavy atom. The minimum absolute atomic E-state index is 0.0406. The van der Waals surface area contributed by atoms with Crippen molar-refractivity contribution in [1.29, 1.82) is 0 Å². The molecule has 0 amide bonds. The van der Waals surface area contributed by atoms with E-state index in [0.29, 0.717) is 49.3 Å². The molecule has 0 spiro atoms. The summed E-state index contributed by atoms with van der Waals surface area (Å²) in [5.74, 6) is 2.69. The minimum Gasteiger partial charge on any atom is -0.490 e. The number of thiazole rings is 1. The highest BCUT2D eigenvalue weighted by atomic mass is 35.5. The Hall–Kier alpha value is -3.80. The molecule has 3 aromatic rings. The van der Waals surface area contributed by atoms with Crippen LogP contribution >= 0.6 is 22.9 Å². The van der Waals surface area contributed by atoms with Gasteiger partial charge in [-0.2, -0.15) is 0 Å². The van der Waals surface area contributed by atoms with E-state index in [1.54, 1.807) is 36.6 Å². The van der Waals surface area contributed by atoms with Crippen LogP contribution < -0.4 is 24.4 Å². The number of nitrogens with zero attached hydrogens (tertiary/aromatic N) is 2. The van der Waals surface area contributed by atoms with Gasteiger partial charge < -0.3 is 14.2 Å². The van der Waals surface area contributed by atoms with Crippen molar-refractivity contribution >= 4 is 35.0 Å². The Kier molecular flexibility index (Phi) is 8.40. The molecule has 0 aliphatic carbocycles. The average molecular weight is 551 g/mol. The number of hydrogen-bond donors (Lipinski definition) is 0. The van der Waals surface area contributed by atoms with Crippen molar-refractivity contribution in [1.82, 2.24) is 4.57 Å². The molecule has 0 saturated carbocycles. The fourth-order valence-electron chi connectivity index (χ4n) is 4.20. The van der Waals surface area contributed by atoms with Gasteiger partial charge in [-0.25, -0.2) is 9.79 Å². The summed E-state index contributed by atoms with van der Waals surface area (Å²) in [7, 11) is 0. The lowest BCUT2D eigenvalue weighted by Crippen LogP contribution is -2.39. The molecule has 2 aromatic carbocycles. The highest BCUT2D eigenvalue weighted by Gasteiger charge is 2.33. The zero-order chi connectivity index (χ0) is 27.4. The lowest BCUT2D eigenvalue weighted by molar-refractivity contribution is -0.139. The molecule has 0 N–H and O–H groups in total. The molecule has 4 rings (SSSR count). The van der Waals surface area contributed by atoms with Gasteiger partial charge in [-0.15, -0.1) is 6.42 Å². The van der Waals surface area contributed by atoms with E-state index in [1.807, 2.05) is 38.1 Å². The number of halogens is 1. The third kappa shape index (κ3) is 5.40. The van der Waals surface area contributed by atoms with Crippen LogP contribution in [0.2, 0.25) is 5.02 Å². The molecule has 38 heavy (non-hydrogen) atoms. The van der Waals surface area contributed by atoms with Gasteiger partial charge in [-0.3, -0.25) is 9.36 Å². The highest BCUT2D eigenvalue weighted by Crippen LogP contribution is 2.37. The average Bonchev–Trinajstić information content (AvgIpc) is 3.17. The molecule has 196 valence electrons. The van der Waals surface area contributed by atoms with Crippen molar-refractivity contribution in [3.8, 4) is 23.8 Å². The van der Waals surface area contributed by atoms with Crippen molar-refractivity contribution in [3.05, 3.63) is 89.1 Å². The molecule has 7 nitrogen and oxygen atoms in total. The normalized spacial score (nSPS) is 14.9. The number of esters is 1. The maximum atomic E-state index is 13.8. The Balaban J connectivity index is 1.90. The van der Waals surface area contributed by atoms with Gasteiger partial charge in [0.1, 0.15) is 6.61 Å². The van der Waals surface area contributed by atoms with E-state index in [2.05, 4.69) is 10.9 Å². The molecule has 0 unspecified atom stereocenters. The summed E-state index contributed by atoms with van der Waals surface area (Å²) >= 11 is 7.71. The smallest absolute Gasteiger partial charge is 0.338 e. The zero-order valence-electron chi connectivity index (χ0n) is 21.5. The molecule has 2 heterocycles. The fourth-order valence-corrected chi connectivity index (χ4v) is 5.52. The number of benzene rings is 2. The molecule has 1 aliphatic heterocycles. The van der Waals surface area contributed by atoms with Crippen LogP contribution in [0.15, 0.2) is 57.5 Å². The van der Waals surface area contributed by atoms with Crippen molar-refractivity contribution in [2.24, 2.45) is 4.99 Å². The second kappa shape index (κ2) is 11.7. The molecule has 0 fully saturated rings. The van der Waals surface area contributed by atoms with Crippen molar-refractivity contribution in [2.45, 2.75) is 33.7 Å². The first-order valence-corrected chi connectivity index (χ1v) is 13.3. The fraction of sp³-hybridized carbons (Fsp3) is 0.276. The number of carbonyl (C=O) groups excluding carboxylic acids is 1. The predicted molar refractivity (Wildman–Crippen MR) is 149 cm³/mol. The maximum absolute atomic E-state index is 13.8. The monoisotopic (exact) mass is 550 g/mol. The number of terminal acetylenes is 1. The Morgan fingerprint density at radius 2 is 1.92 bits per heavy atom. The van der Waals surface area contributed by atoms with Crippen molar-refractivity contribution < 1.29 is 19.0 Å². The van der Waals surface area contributed by atoms with E-state index < -0.39 is 12.0 Å². The summed E-state index contributed by atoms with van der Waals surface area (Å²) in [6.07, 6.45) is 7.04. The highest BCUT2D eigenvalue weighted by molar-refractivity contribution is 7.07. The molecule has 1 aliphatic rings. The van der Waals surface area contributed by atoms with E-state index in [4.69, 9.17) is 32.2 Å². The molecular formula is C29H27ClN2O5S. The van der Waals surface area contributed by atoms with E-state index in [0.717, 1.165) is 11.1 Å². The third-order valence-corrected chi connectivity index (χ3v) is 7.10. The van der Waals surface area contributed by atoms with Gasteiger partial charge in [0, 0.05) is 0 Å². The second-order valence-corrected chi connectivity index (χ2v) is 9.89. The van der Waals surface area contributed by atoms with Crippen LogP contribution in [-0.2, 0) is 9.53 Å². The minimum atomic E-state index is -0.671. The lowest BCUT2D eigenvalue weighted by Gasteiger charge is -2.24. The molecule has 0 radical (unpaired) electrons. The summed E-state index contributed by atoms with van der Waals surface area (Å²) in [6.45, 7) is 7.97. The molecule has 0 saturated heterocycles. The number of aryl methyl sites for hydroxylation is 1. The summed E-state index contributed by atoms with van der Waals surface area (Å²) in [4.78, 5) is 31.9. The quantitative estimate of drug-likeness (QED) is 0.311. The first kappa shape index (κ1) is 27.2. The Labute approximate surface area is 229 Å². The number of hydrogen-bond acceptors (Lipinski definition) is 7. The molecule has 1 aromatic heterocycles. The summed E-state index contributed by atoms with van der Waals surface area (Å²) in [5, 5.41) is 0.309. The topological polar surface area (TPSA) is 79.1 Å². The van der Waals surface area contributed by atoms with Crippen LogP contribution in [0, 0.1) is 19.3 Å². The first-order chi connectivity index (χ1) is 18.3. The van der Waals surface area contributed by atoms with E-state index in [9.17, 15) is 9.59 Å². The van der Waals surface area contributed by atoms with Crippen molar-refractivity contribution in [2.75, 3.05) is 19.8 Å².